The number of nitrogens with zero attached hydrogens (tertiary/aromatic N) is 1. The van der Waals surface area contributed by atoms with Gasteiger partial charge in [0.25, 0.3) is 0 Å². The molecule has 0 unspecified atom stereocenters. The van der Waals surface area contributed by atoms with Crippen LogP contribution in [-0.2, 0) is 15.0 Å². The van der Waals surface area contributed by atoms with Crippen LogP contribution in [0.5, 0.6) is 0 Å². The van der Waals surface area contributed by atoms with E-state index in [2.05, 4.69) is 29.5 Å². The van der Waals surface area contributed by atoms with Crippen molar-refractivity contribution < 1.29 is 14.0 Å². The van der Waals surface area contributed by atoms with Crippen LogP contribution in [0.2, 0.25) is 10.2 Å². The summed E-state index contributed by atoms with van der Waals surface area (Å²) in [6, 6.07) is 6.09. The molecule has 3 aliphatic rings. The minimum absolute atomic E-state index is 0.112. The second-order valence-electron chi connectivity index (χ2n) is 10.4. The second kappa shape index (κ2) is 7.49. The molecule has 1 aromatic heterocycles. The van der Waals surface area contributed by atoms with Crippen LogP contribution in [0.3, 0.4) is 0 Å². The van der Waals surface area contributed by atoms with Gasteiger partial charge in [-0.05, 0) is 67.3 Å². The molecular weight excluding hydrogens is 464 g/mol. The summed E-state index contributed by atoms with van der Waals surface area (Å²) in [5, 5.41) is 6.82. The summed E-state index contributed by atoms with van der Waals surface area (Å²) < 4.78 is 15.5. The first-order valence-electron chi connectivity index (χ1n) is 11.2. The highest BCUT2D eigenvalue weighted by molar-refractivity contribution is 6.31. The Morgan fingerprint density at radius 2 is 1.85 bits per heavy atom. The van der Waals surface area contributed by atoms with Crippen molar-refractivity contribution in [2.75, 3.05) is 5.32 Å². The molecule has 2 spiro atoms. The van der Waals surface area contributed by atoms with Gasteiger partial charge in [-0.1, -0.05) is 43.1 Å². The van der Waals surface area contributed by atoms with Gasteiger partial charge in [0.05, 0.1) is 6.04 Å². The van der Waals surface area contributed by atoms with E-state index in [9.17, 15) is 9.59 Å². The lowest BCUT2D eigenvalue weighted by Crippen LogP contribution is -2.61. The summed E-state index contributed by atoms with van der Waals surface area (Å²) >= 11 is 12.3. The van der Waals surface area contributed by atoms with E-state index in [1.165, 1.54) is 19.2 Å². The molecule has 2 aliphatic heterocycles. The van der Waals surface area contributed by atoms with Crippen molar-refractivity contribution >= 4 is 40.6 Å². The van der Waals surface area contributed by atoms with E-state index >= 15 is 4.39 Å². The van der Waals surface area contributed by atoms with E-state index in [-0.39, 0.29) is 27.8 Å². The molecule has 174 valence electrons. The number of anilines is 1. The number of aromatic nitrogens is 1. The third kappa shape index (κ3) is 3.10. The number of amides is 1. The topological polar surface area (TPSA) is 71.1 Å². The van der Waals surface area contributed by atoms with Gasteiger partial charge in [-0.3, -0.25) is 14.9 Å². The standard InChI is InChI=1S/C25H26Cl2FN3O2/c1-13(32)20-18(15-6-11-29-21(27)19(15)28)25(24(31-20)9-7-23(2,3)8-10-24)16-5-4-14(26)12-17(16)30-22(25)33/h4-6,11-12,18,20,31H,7-10H2,1-3H3,(H,30,33)/t18-,20-,25+/m0/s1. The first kappa shape index (κ1) is 22.8. The van der Waals surface area contributed by atoms with Crippen molar-refractivity contribution in [1.82, 2.24) is 10.3 Å². The Hall–Kier alpha value is -2.02. The largest absolute Gasteiger partial charge is 0.325 e. The van der Waals surface area contributed by atoms with Crippen molar-refractivity contribution in [3.8, 4) is 0 Å². The fourth-order valence-corrected chi connectivity index (χ4v) is 6.78. The normalized spacial score (nSPS) is 29.3. The molecule has 5 nitrogen and oxygen atoms in total. The summed E-state index contributed by atoms with van der Waals surface area (Å²) in [5.74, 6) is -1.88. The monoisotopic (exact) mass is 489 g/mol. The molecule has 1 aliphatic carbocycles. The molecule has 2 N–H and O–H groups in total. The van der Waals surface area contributed by atoms with Crippen molar-refractivity contribution in [2.24, 2.45) is 5.41 Å². The Balaban J connectivity index is 1.83. The Bertz CT molecular complexity index is 1170. The lowest BCUT2D eigenvalue weighted by Gasteiger charge is -2.50. The van der Waals surface area contributed by atoms with Gasteiger partial charge in [0.1, 0.15) is 11.2 Å². The van der Waals surface area contributed by atoms with Gasteiger partial charge in [0.15, 0.2) is 11.0 Å². The molecule has 3 atom stereocenters. The highest BCUT2D eigenvalue weighted by Crippen LogP contribution is 2.64. The number of halogens is 3. The first-order valence-corrected chi connectivity index (χ1v) is 12.0. The van der Waals surface area contributed by atoms with Crippen molar-refractivity contribution in [3.63, 3.8) is 0 Å². The van der Waals surface area contributed by atoms with Crippen LogP contribution in [0.15, 0.2) is 30.5 Å². The zero-order valence-corrected chi connectivity index (χ0v) is 20.3. The van der Waals surface area contributed by atoms with Crippen LogP contribution >= 0.6 is 23.2 Å². The number of Topliss-reactive ketones (excluding diaryl/α,β-unsaturated/α-hetero) is 1. The number of pyridine rings is 1. The van der Waals surface area contributed by atoms with Crippen LogP contribution in [0.25, 0.3) is 0 Å². The van der Waals surface area contributed by atoms with E-state index in [1.54, 1.807) is 12.1 Å². The van der Waals surface area contributed by atoms with Gasteiger partial charge in [0, 0.05) is 28.4 Å². The molecule has 1 saturated carbocycles. The van der Waals surface area contributed by atoms with Crippen LogP contribution in [0.4, 0.5) is 10.1 Å². The molecule has 33 heavy (non-hydrogen) atoms. The van der Waals surface area contributed by atoms with Gasteiger partial charge in [-0.2, -0.15) is 0 Å². The molecule has 1 aromatic carbocycles. The van der Waals surface area contributed by atoms with E-state index < -0.39 is 28.7 Å². The molecule has 1 amide bonds. The highest BCUT2D eigenvalue weighted by atomic mass is 35.5. The van der Waals surface area contributed by atoms with E-state index in [1.807, 2.05) is 6.07 Å². The summed E-state index contributed by atoms with van der Waals surface area (Å²) in [7, 11) is 0. The van der Waals surface area contributed by atoms with Gasteiger partial charge in [0.2, 0.25) is 5.91 Å². The zero-order chi connectivity index (χ0) is 23.8. The predicted octanol–water partition coefficient (Wildman–Crippen LogP) is 5.40. The highest BCUT2D eigenvalue weighted by Gasteiger charge is 2.72. The average Bonchev–Trinajstić information content (AvgIpc) is 3.20. The fourth-order valence-electron chi connectivity index (χ4n) is 6.45. The second-order valence-corrected chi connectivity index (χ2v) is 11.2. The van der Waals surface area contributed by atoms with Crippen molar-refractivity contribution in [2.45, 2.75) is 69.4 Å². The number of carbonyl (C=O) groups is 2. The maximum Gasteiger partial charge on any atom is 0.237 e. The number of nitrogens with one attached hydrogen (secondary N) is 2. The number of fused-ring (bicyclic) bond motifs is 3. The minimum Gasteiger partial charge on any atom is -0.325 e. The SMILES string of the molecule is CC(=O)[C@@H]1NC2(CCC(C)(C)CC2)[C@@]2(C(=O)Nc3cc(Cl)ccc32)[C@H]1c1ccnc(Cl)c1F. The lowest BCUT2D eigenvalue weighted by molar-refractivity contribution is -0.124. The molecule has 3 heterocycles. The molecule has 5 rings (SSSR count). The van der Waals surface area contributed by atoms with Crippen LogP contribution in [0, 0.1) is 11.2 Å². The van der Waals surface area contributed by atoms with Crippen molar-refractivity contribution in [1.29, 1.82) is 0 Å². The molecule has 2 fully saturated rings. The Morgan fingerprint density at radius 3 is 2.52 bits per heavy atom. The molecule has 1 saturated heterocycles. The van der Waals surface area contributed by atoms with Gasteiger partial charge < -0.3 is 5.32 Å². The number of rotatable bonds is 2. The summed E-state index contributed by atoms with van der Waals surface area (Å²) in [6.45, 7) is 5.92. The molecular formula is C25H26Cl2FN3O2. The fraction of sp³-hybridized carbons (Fsp3) is 0.480. The van der Waals surface area contributed by atoms with Crippen LogP contribution in [-0.4, -0.2) is 28.3 Å². The third-order valence-corrected chi connectivity index (χ3v) is 8.60. The summed E-state index contributed by atoms with van der Waals surface area (Å²) in [6.07, 6.45) is 4.52. The Labute approximate surface area is 202 Å². The van der Waals surface area contributed by atoms with Gasteiger partial charge in [-0.25, -0.2) is 9.37 Å². The molecule has 0 radical (unpaired) electrons. The molecule has 8 heteroatoms. The van der Waals surface area contributed by atoms with Gasteiger partial charge >= 0.3 is 0 Å². The number of hydrogen-bond acceptors (Lipinski definition) is 4. The predicted molar refractivity (Wildman–Crippen MR) is 126 cm³/mol. The lowest BCUT2D eigenvalue weighted by atomic mass is 9.53. The average molecular weight is 490 g/mol. The zero-order valence-electron chi connectivity index (χ0n) is 18.8. The van der Waals surface area contributed by atoms with E-state index in [4.69, 9.17) is 23.2 Å². The van der Waals surface area contributed by atoms with Crippen LogP contribution < -0.4 is 10.6 Å². The quantitative estimate of drug-likeness (QED) is 0.553. The smallest absolute Gasteiger partial charge is 0.237 e. The summed E-state index contributed by atoms with van der Waals surface area (Å²) in [4.78, 5) is 30.9. The molecule has 0 bridgehead atoms. The van der Waals surface area contributed by atoms with Crippen LogP contribution in [0.1, 0.15) is 63.5 Å². The number of carbonyl (C=O) groups excluding carboxylic acids is 2. The number of benzene rings is 1. The number of ketones is 1. The maximum atomic E-state index is 15.5. The summed E-state index contributed by atoms with van der Waals surface area (Å²) in [5.41, 5.74) is -0.248. The van der Waals surface area contributed by atoms with Crippen molar-refractivity contribution in [3.05, 3.63) is 57.6 Å². The number of hydrogen-bond donors (Lipinski definition) is 2. The molecule has 2 aromatic rings. The maximum absolute atomic E-state index is 15.5. The minimum atomic E-state index is -1.20. The van der Waals surface area contributed by atoms with Gasteiger partial charge in [-0.15, -0.1) is 0 Å². The third-order valence-electron chi connectivity index (χ3n) is 8.11. The van der Waals surface area contributed by atoms with E-state index in [0.717, 1.165) is 18.4 Å². The first-order chi connectivity index (χ1) is 15.5. The Kier molecular flexibility index (Phi) is 5.16. The van der Waals surface area contributed by atoms with E-state index in [0.29, 0.717) is 23.6 Å². The Morgan fingerprint density at radius 1 is 1.15 bits per heavy atom.